The molecule has 1 amide bonds. The van der Waals surface area contributed by atoms with Crippen molar-refractivity contribution in [2.75, 3.05) is 5.75 Å². The Morgan fingerprint density at radius 3 is 2.77 bits per heavy atom. The molecule has 1 saturated heterocycles. The van der Waals surface area contributed by atoms with Crippen molar-refractivity contribution >= 4 is 29.2 Å². The van der Waals surface area contributed by atoms with Crippen molar-refractivity contribution in [3.63, 3.8) is 0 Å². The quantitative estimate of drug-likeness (QED) is 0.399. The first kappa shape index (κ1) is 14.5. The maximum Gasteiger partial charge on any atom is 0.353 e. The summed E-state index contributed by atoms with van der Waals surface area (Å²) in [5.41, 5.74) is 3.64. The normalized spacial score (nSPS) is 24.1. The van der Waals surface area contributed by atoms with E-state index in [1.165, 1.54) is 18.8 Å². The largest absolute Gasteiger partial charge is 0.477 e. The molecule has 1 aromatic rings. The molecule has 3 heterocycles. The molecule has 0 saturated carbocycles. The van der Waals surface area contributed by atoms with Crippen LogP contribution in [0, 0.1) is 0 Å². The van der Waals surface area contributed by atoms with Gasteiger partial charge in [0.05, 0.1) is 0 Å². The van der Waals surface area contributed by atoms with Gasteiger partial charge in [0.2, 0.25) is 5.91 Å². The monoisotopic (exact) mass is 325 g/mol. The first-order chi connectivity index (χ1) is 10.3. The Labute approximate surface area is 126 Å². The molecule has 0 radical (unpaired) electrons. The summed E-state index contributed by atoms with van der Waals surface area (Å²) in [6.45, 7) is 0. The van der Waals surface area contributed by atoms with Crippen LogP contribution in [-0.4, -0.2) is 53.8 Å². The van der Waals surface area contributed by atoms with Crippen LogP contribution in [0.2, 0.25) is 0 Å². The van der Waals surface area contributed by atoms with E-state index < -0.39 is 34.4 Å². The number of H-pyrrole nitrogens is 1. The summed E-state index contributed by atoms with van der Waals surface area (Å²) in [6, 6.07) is -0.742. The second-order valence-electron chi connectivity index (χ2n) is 4.81. The number of aryl methyl sites for hydroxylation is 1. The molecule has 10 nitrogen and oxygen atoms in total. The number of hydrogen-bond donors (Lipinski definition) is 3. The van der Waals surface area contributed by atoms with E-state index >= 15 is 0 Å². The van der Waals surface area contributed by atoms with E-state index in [2.05, 4.69) is 10.1 Å². The predicted molar refractivity (Wildman–Crippen MR) is 75.7 cm³/mol. The van der Waals surface area contributed by atoms with Crippen molar-refractivity contribution in [3.8, 4) is 0 Å². The lowest BCUT2D eigenvalue weighted by atomic mass is 10.0. The molecule has 1 fully saturated rings. The Morgan fingerprint density at radius 2 is 2.14 bits per heavy atom. The van der Waals surface area contributed by atoms with Crippen LogP contribution in [0.1, 0.15) is 5.82 Å². The van der Waals surface area contributed by atoms with E-state index in [-0.39, 0.29) is 22.8 Å². The summed E-state index contributed by atoms with van der Waals surface area (Å²) in [7, 11) is 1.43. The highest BCUT2D eigenvalue weighted by atomic mass is 32.2. The number of carboxylic acid groups (broad SMARTS) is 1. The molecule has 1 unspecified atom stereocenters. The lowest BCUT2D eigenvalue weighted by molar-refractivity contribution is -0.147. The third kappa shape index (κ3) is 1.89. The van der Waals surface area contributed by atoms with Crippen LogP contribution in [-0.2, 0) is 16.6 Å². The van der Waals surface area contributed by atoms with Crippen molar-refractivity contribution in [3.05, 3.63) is 32.2 Å². The van der Waals surface area contributed by atoms with Gasteiger partial charge in [0.25, 0.3) is 0 Å². The average molecular weight is 325 g/mol. The number of nitrogens with zero attached hydrogens (tertiary/aromatic N) is 3. The van der Waals surface area contributed by atoms with Gasteiger partial charge in [0, 0.05) is 18.4 Å². The SMILES string of the molecule is Cn1[nH]c(=O)c(=O)nc1C1=C(C(=O)O)N2C(=O)C(N)[C@H]2SC1. The van der Waals surface area contributed by atoms with Gasteiger partial charge in [-0.1, -0.05) is 0 Å². The number of carbonyl (C=O) groups is 2. The van der Waals surface area contributed by atoms with E-state index in [4.69, 9.17) is 5.73 Å². The second-order valence-corrected chi connectivity index (χ2v) is 5.91. The summed E-state index contributed by atoms with van der Waals surface area (Å²) >= 11 is 1.28. The Bertz CT molecular complexity index is 840. The maximum absolute atomic E-state index is 11.8. The molecule has 11 heteroatoms. The molecule has 3 rings (SSSR count). The number of carbonyl (C=O) groups excluding carboxylic acids is 1. The van der Waals surface area contributed by atoms with Gasteiger partial charge in [0.15, 0.2) is 5.82 Å². The number of β-lactam (4-membered cyclic amide) rings is 1. The smallest absolute Gasteiger partial charge is 0.353 e. The van der Waals surface area contributed by atoms with Gasteiger partial charge in [-0.05, 0) is 0 Å². The van der Waals surface area contributed by atoms with Crippen LogP contribution < -0.4 is 16.9 Å². The molecule has 22 heavy (non-hydrogen) atoms. The Morgan fingerprint density at radius 1 is 1.45 bits per heavy atom. The van der Waals surface area contributed by atoms with Gasteiger partial charge in [-0.3, -0.25) is 29.1 Å². The standard InChI is InChI=1S/C11H11N5O5S/c1-15-6(13-7(17)8(18)14-15)3-2-22-10-4(12)9(19)16(10)5(3)11(20)21/h4,10H,2,12H2,1H3,(H,14,18)(H,20,21)/t4?,10-/m1/s1. The van der Waals surface area contributed by atoms with Crippen molar-refractivity contribution in [1.29, 1.82) is 0 Å². The van der Waals surface area contributed by atoms with Crippen LogP contribution in [0.4, 0.5) is 0 Å². The van der Waals surface area contributed by atoms with E-state index in [1.54, 1.807) is 0 Å². The number of carboxylic acids is 1. The van der Waals surface area contributed by atoms with Gasteiger partial charge in [0.1, 0.15) is 17.1 Å². The topological polar surface area (TPSA) is 151 Å². The van der Waals surface area contributed by atoms with Crippen LogP contribution in [0.15, 0.2) is 15.3 Å². The van der Waals surface area contributed by atoms with Gasteiger partial charge in [-0.2, -0.15) is 4.98 Å². The number of nitrogens with two attached hydrogens (primary N) is 1. The van der Waals surface area contributed by atoms with Gasteiger partial charge < -0.3 is 10.8 Å². The van der Waals surface area contributed by atoms with E-state index in [1.807, 2.05) is 0 Å². The number of hydrogen-bond acceptors (Lipinski definition) is 7. The van der Waals surface area contributed by atoms with Crippen molar-refractivity contribution in [1.82, 2.24) is 19.7 Å². The first-order valence-corrected chi connectivity index (χ1v) is 7.22. The zero-order valence-corrected chi connectivity index (χ0v) is 12.1. The van der Waals surface area contributed by atoms with Gasteiger partial charge in [-0.25, -0.2) is 4.79 Å². The third-order valence-corrected chi connectivity index (χ3v) is 4.77. The highest BCUT2D eigenvalue weighted by Crippen LogP contribution is 2.41. The minimum atomic E-state index is -1.32. The highest BCUT2D eigenvalue weighted by molar-refractivity contribution is 8.00. The number of nitrogens with one attached hydrogen (secondary N) is 1. The third-order valence-electron chi connectivity index (χ3n) is 3.47. The zero-order chi connectivity index (χ0) is 16.2. The fourth-order valence-electron chi connectivity index (χ4n) is 2.43. The van der Waals surface area contributed by atoms with Crippen LogP contribution >= 0.6 is 11.8 Å². The van der Waals surface area contributed by atoms with Crippen LogP contribution in [0.3, 0.4) is 0 Å². The summed E-state index contributed by atoms with van der Waals surface area (Å²) in [4.78, 5) is 50.8. The van der Waals surface area contributed by atoms with Crippen molar-refractivity contribution in [2.24, 2.45) is 12.8 Å². The molecular weight excluding hydrogens is 314 g/mol. The van der Waals surface area contributed by atoms with E-state index in [0.717, 1.165) is 9.58 Å². The van der Waals surface area contributed by atoms with Gasteiger partial charge >= 0.3 is 17.1 Å². The molecule has 2 atom stereocenters. The number of amides is 1. The number of rotatable bonds is 2. The fourth-order valence-corrected chi connectivity index (χ4v) is 3.72. The first-order valence-electron chi connectivity index (χ1n) is 6.17. The zero-order valence-electron chi connectivity index (χ0n) is 11.3. The number of aromatic nitrogens is 3. The van der Waals surface area contributed by atoms with Gasteiger partial charge in [-0.15, -0.1) is 11.8 Å². The molecule has 0 spiro atoms. The summed E-state index contributed by atoms with van der Waals surface area (Å²) in [5, 5.41) is 11.2. The molecule has 0 aliphatic carbocycles. The minimum absolute atomic E-state index is 0.00113. The number of aromatic amines is 1. The summed E-state index contributed by atoms with van der Waals surface area (Å²) in [5.74, 6) is -1.61. The molecule has 0 bridgehead atoms. The summed E-state index contributed by atoms with van der Waals surface area (Å²) in [6.07, 6.45) is 0. The predicted octanol–water partition coefficient (Wildman–Crippen LogP) is -2.49. The van der Waals surface area contributed by atoms with E-state index in [0.29, 0.717) is 0 Å². The number of thioether (sulfide) groups is 1. The van der Waals surface area contributed by atoms with Crippen LogP contribution in [0.25, 0.3) is 5.57 Å². The lowest BCUT2D eigenvalue weighted by Gasteiger charge is -2.47. The average Bonchev–Trinajstić information content (AvgIpc) is 2.48. The number of aliphatic carboxylic acids is 1. The molecule has 4 N–H and O–H groups in total. The lowest BCUT2D eigenvalue weighted by Crippen LogP contribution is -2.68. The van der Waals surface area contributed by atoms with Crippen molar-refractivity contribution < 1.29 is 14.7 Å². The molecule has 0 aromatic carbocycles. The maximum atomic E-state index is 11.8. The van der Waals surface area contributed by atoms with E-state index in [9.17, 15) is 24.3 Å². The molecule has 1 aromatic heterocycles. The fraction of sp³-hybridized carbons (Fsp3) is 0.364. The Balaban J connectivity index is 2.22. The van der Waals surface area contributed by atoms with Crippen LogP contribution in [0.5, 0.6) is 0 Å². The molecule has 116 valence electrons. The Hall–Kier alpha value is -2.40. The molecule has 2 aliphatic rings. The molecule has 2 aliphatic heterocycles. The summed E-state index contributed by atoms with van der Waals surface area (Å²) < 4.78 is 1.16. The second kappa shape index (κ2) is 4.81. The Kier molecular flexibility index (Phi) is 3.18. The highest BCUT2D eigenvalue weighted by Gasteiger charge is 2.52. The minimum Gasteiger partial charge on any atom is -0.477 e. The molecular formula is C11H11N5O5S. The number of fused-ring (bicyclic) bond motifs is 1. The van der Waals surface area contributed by atoms with Crippen molar-refractivity contribution in [2.45, 2.75) is 11.4 Å².